The first-order valence-corrected chi connectivity index (χ1v) is 9.60. The molecular formula is C23H24O5. The summed E-state index contributed by atoms with van der Waals surface area (Å²) in [5, 5.41) is 10.7. The van der Waals surface area contributed by atoms with Gasteiger partial charge in [-0.2, -0.15) is 0 Å². The molecule has 2 heterocycles. The van der Waals surface area contributed by atoms with Crippen LogP contribution in [0, 0.1) is 0 Å². The smallest absolute Gasteiger partial charge is 0.176 e. The van der Waals surface area contributed by atoms with Crippen LogP contribution in [0.1, 0.15) is 38.5 Å². The van der Waals surface area contributed by atoms with Crippen LogP contribution < -0.4 is 0 Å². The molecule has 0 radical (unpaired) electrons. The number of rotatable bonds is 6. The average molecular weight is 380 g/mol. The summed E-state index contributed by atoms with van der Waals surface area (Å²) in [7, 11) is 0. The van der Waals surface area contributed by atoms with E-state index in [1.807, 2.05) is 0 Å². The molecule has 0 aromatic heterocycles. The fourth-order valence-corrected chi connectivity index (χ4v) is 3.34. The van der Waals surface area contributed by atoms with Gasteiger partial charge in [-0.25, -0.2) is 0 Å². The summed E-state index contributed by atoms with van der Waals surface area (Å²) in [4.78, 5) is 0. The third-order valence-electron chi connectivity index (χ3n) is 4.81. The maximum atomic E-state index is 10.7. The molecule has 2 aliphatic carbocycles. The van der Waals surface area contributed by atoms with Crippen molar-refractivity contribution in [3.63, 3.8) is 0 Å². The molecule has 0 fully saturated rings. The molecule has 0 atom stereocenters. The van der Waals surface area contributed by atoms with E-state index in [4.69, 9.17) is 18.9 Å². The van der Waals surface area contributed by atoms with Crippen LogP contribution in [0.3, 0.4) is 0 Å². The van der Waals surface area contributed by atoms with Crippen molar-refractivity contribution in [1.82, 2.24) is 0 Å². The van der Waals surface area contributed by atoms with Gasteiger partial charge in [0.25, 0.3) is 0 Å². The van der Waals surface area contributed by atoms with Crippen LogP contribution >= 0.6 is 0 Å². The van der Waals surface area contributed by atoms with Crippen molar-refractivity contribution in [1.29, 1.82) is 0 Å². The molecule has 0 aromatic carbocycles. The Morgan fingerprint density at radius 1 is 0.750 bits per heavy atom. The summed E-state index contributed by atoms with van der Waals surface area (Å²) in [5.74, 6) is 1.87. The summed E-state index contributed by atoms with van der Waals surface area (Å²) >= 11 is 0. The third kappa shape index (κ3) is 4.67. The van der Waals surface area contributed by atoms with E-state index < -0.39 is 6.10 Å². The van der Waals surface area contributed by atoms with E-state index in [-0.39, 0.29) is 11.5 Å². The molecule has 146 valence electrons. The number of aliphatic hydroxyl groups is 1. The molecule has 28 heavy (non-hydrogen) atoms. The second kappa shape index (κ2) is 8.85. The van der Waals surface area contributed by atoms with Gasteiger partial charge in [-0.1, -0.05) is 47.6 Å². The number of allylic oxidation sites excluding steroid dienone is 8. The highest BCUT2D eigenvalue weighted by molar-refractivity contribution is 5.26. The van der Waals surface area contributed by atoms with Gasteiger partial charge in [0.05, 0.1) is 0 Å². The van der Waals surface area contributed by atoms with Crippen molar-refractivity contribution in [2.75, 3.05) is 0 Å². The van der Waals surface area contributed by atoms with E-state index in [0.717, 1.165) is 25.7 Å². The van der Waals surface area contributed by atoms with Gasteiger partial charge in [-0.3, -0.25) is 0 Å². The van der Waals surface area contributed by atoms with E-state index in [2.05, 4.69) is 36.5 Å². The minimum Gasteiger partial charge on any atom is -0.465 e. The van der Waals surface area contributed by atoms with Crippen molar-refractivity contribution in [2.45, 2.75) is 44.6 Å². The Bertz CT molecular complexity index is 778. The van der Waals surface area contributed by atoms with E-state index in [9.17, 15) is 5.11 Å². The number of hydrogen-bond acceptors (Lipinski definition) is 5. The van der Waals surface area contributed by atoms with Crippen molar-refractivity contribution in [2.24, 2.45) is 0 Å². The maximum absolute atomic E-state index is 10.7. The lowest BCUT2D eigenvalue weighted by Gasteiger charge is -2.25. The summed E-state index contributed by atoms with van der Waals surface area (Å²) in [6.45, 7) is 0. The Hall–Kier alpha value is -2.92. The van der Waals surface area contributed by atoms with Gasteiger partial charge in [0.15, 0.2) is 17.6 Å². The lowest BCUT2D eigenvalue weighted by atomic mass is 10.0. The van der Waals surface area contributed by atoms with Crippen molar-refractivity contribution in [3.8, 4) is 0 Å². The van der Waals surface area contributed by atoms with Gasteiger partial charge in [0, 0.05) is 12.8 Å². The van der Waals surface area contributed by atoms with Gasteiger partial charge in [0.2, 0.25) is 0 Å². The molecule has 1 N–H and O–H groups in total. The van der Waals surface area contributed by atoms with E-state index in [0.29, 0.717) is 24.4 Å². The number of hydrogen-bond donors (Lipinski definition) is 1. The molecule has 5 heteroatoms. The monoisotopic (exact) mass is 380 g/mol. The zero-order chi connectivity index (χ0) is 19.2. The SMILES string of the molecule is OC(C1=COC=C(CC2=CC=CCC2)O1)C1=COC=C(CC2=CC=CCC2)O1. The van der Waals surface area contributed by atoms with Crippen LogP contribution in [-0.2, 0) is 18.9 Å². The van der Waals surface area contributed by atoms with Crippen molar-refractivity contribution in [3.05, 3.63) is 95.7 Å². The molecule has 4 rings (SSSR count). The molecule has 0 unspecified atom stereocenters. The normalized spacial score (nSPS) is 21.1. The van der Waals surface area contributed by atoms with Gasteiger partial charge >= 0.3 is 0 Å². The van der Waals surface area contributed by atoms with Crippen LogP contribution in [0.4, 0.5) is 0 Å². The molecule has 2 aliphatic heterocycles. The van der Waals surface area contributed by atoms with Crippen LogP contribution in [-0.4, -0.2) is 11.2 Å². The fourth-order valence-electron chi connectivity index (χ4n) is 3.34. The van der Waals surface area contributed by atoms with E-state index in [1.54, 1.807) is 12.5 Å². The molecule has 0 aromatic rings. The zero-order valence-electron chi connectivity index (χ0n) is 15.7. The van der Waals surface area contributed by atoms with Crippen LogP contribution in [0.25, 0.3) is 0 Å². The summed E-state index contributed by atoms with van der Waals surface area (Å²) in [6, 6.07) is 0. The Kier molecular flexibility index (Phi) is 5.83. The number of ether oxygens (including phenoxy) is 4. The second-order valence-electron chi connectivity index (χ2n) is 7.02. The van der Waals surface area contributed by atoms with Crippen LogP contribution in [0.5, 0.6) is 0 Å². The van der Waals surface area contributed by atoms with Gasteiger partial charge in [-0.05, 0) is 25.7 Å². The Balaban J connectivity index is 1.34. The Morgan fingerprint density at radius 2 is 1.25 bits per heavy atom. The highest BCUT2D eigenvalue weighted by atomic mass is 16.6. The summed E-state index contributed by atoms with van der Waals surface area (Å²) in [6.07, 6.45) is 22.7. The molecule has 4 aliphatic rings. The number of aliphatic hydroxyl groups excluding tert-OH is 1. The fraction of sp³-hybridized carbons (Fsp3) is 0.304. The standard InChI is InChI=1S/C23H24O5/c24-23(21-15-25-13-19(27-21)11-17-7-3-1-4-8-17)22-16-26-14-20(28-22)12-18-9-5-2-6-10-18/h1-3,5,7,9,13-16,23-24H,4,6,8,10-12H2. The van der Waals surface area contributed by atoms with Gasteiger partial charge < -0.3 is 24.1 Å². The topological polar surface area (TPSA) is 57.2 Å². The van der Waals surface area contributed by atoms with Crippen LogP contribution in [0.15, 0.2) is 95.7 Å². The largest absolute Gasteiger partial charge is 0.465 e. The Labute approximate surface area is 164 Å². The molecule has 0 bridgehead atoms. The summed E-state index contributed by atoms with van der Waals surface area (Å²) in [5.41, 5.74) is 2.54. The first-order valence-electron chi connectivity index (χ1n) is 9.60. The predicted octanol–water partition coefficient (Wildman–Crippen LogP) is 5.14. The lowest BCUT2D eigenvalue weighted by Crippen LogP contribution is -2.21. The first-order chi connectivity index (χ1) is 13.8. The van der Waals surface area contributed by atoms with Crippen LogP contribution in [0.2, 0.25) is 0 Å². The molecular weight excluding hydrogens is 356 g/mol. The molecule has 0 saturated heterocycles. The molecule has 0 amide bonds. The van der Waals surface area contributed by atoms with Gasteiger partial charge in [-0.15, -0.1) is 0 Å². The summed E-state index contributed by atoms with van der Waals surface area (Å²) < 4.78 is 22.5. The lowest BCUT2D eigenvalue weighted by molar-refractivity contribution is 0.0757. The second-order valence-corrected chi connectivity index (χ2v) is 7.02. The van der Waals surface area contributed by atoms with E-state index >= 15 is 0 Å². The van der Waals surface area contributed by atoms with Crippen molar-refractivity contribution < 1.29 is 24.1 Å². The molecule has 0 spiro atoms. The maximum Gasteiger partial charge on any atom is 0.176 e. The highest BCUT2D eigenvalue weighted by Crippen LogP contribution is 2.31. The van der Waals surface area contributed by atoms with Crippen molar-refractivity contribution >= 4 is 0 Å². The minimum atomic E-state index is -1.10. The Morgan fingerprint density at radius 3 is 1.68 bits per heavy atom. The zero-order valence-corrected chi connectivity index (χ0v) is 15.7. The third-order valence-corrected chi connectivity index (χ3v) is 4.81. The molecule has 5 nitrogen and oxygen atoms in total. The first kappa shape index (κ1) is 18.4. The highest BCUT2D eigenvalue weighted by Gasteiger charge is 2.27. The van der Waals surface area contributed by atoms with Gasteiger partial charge in [0.1, 0.15) is 36.6 Å². The quantitative estimate of drug-likeness (QED) is 0.691. The minimum absolute atomic E-state index is 0.278. The van der Waals surface area contributed by atoms with E-state index in [1.165, 1.54) is 23.7 Å². The average Bonchev–Trinajstić information content (AvgIpc) is 2.75. The predicted molar refractivity (Wildman–Crippen MR) is 105 cm³/mol. The molecule has 0 saturated carbocycles.